The molecule has 0 fully saturated rings. The first-order chi connectivity index (χ1) is 13.0. The second kappa shape index (κ2) is 8.87. The van der Waals surface area contributed by atoms with Crippen molar-refractivity contribution in [3.63, 3.8) is 0 Å². The van der Waals surface area contributed by atoms with Crippen LogP contribution in [0.25, 0.3) is 0 Å². The van der Waals surface area contributed by atoms with Crippen LogP contribution < -0.4 is 9.46 Å². The highest BCUT2D eigenvalue weighted by atomic mass is 32.2. The minimum atomic E-state index is -3.55. The smallest absolute Gasteiger partial charge is 0.244 e. The van der Waals surface area contributed by atoms with Gasteiger partial charge >= 0.3 is 0 Å². The van der Waals surface area contributed by atoms with E-state index in [-0.39, 0.29) is 4.90 Å². The summed E-state index contributed by atoms with van der Waals surface area (Å²) in [6, 6.07) is 13.7. The quantitative estimate of drug-likeness (QED) is 0.706. The summed E-state index contributed by atoms with van der Waals surface area (Å²) < 4.78 is 33.0. The van der Waals surface area contributed by atoms with Crippen molar-refractivity contribution < 1.29 is 13.2 Å². The number of hydrogen-bond acceptors (Lipinski definition) is 4. The predicted molar refractivity (Wildman–Crippen MR) is 108 cm³/mol. The van der Waals surface area contributed by atoms with Crippen LogP contribution in [0.2, 0.25) is 0 Å². The summed E-state index contributed by atoms with van der Waals surface area (Å²) in [4.78, 5) is 2.64. The van der Waals surface area contributed by atoms with Crippen LogP contribution in [0.3, 0.4) is 0 Å². The predicted octanol–water partition coefficient (Wildman–Crippen LogP) is 3.12. The molecule has 1 N–H and O–H groups in total. The second-order valence-corrected chi connectivity index (χ2v) is 8.79. The number of fused-ring (bicyclic) bond motifs is 1. The molecule has 1 heterocycles. The van der Waals surface area contributed by atoms with E-state index in [1.165, 1.54) is 18.2 Å². The van der Waals surface area contributed by atoms with Crippen molar-refractivity contribution in [2.75, 3.05) is 26.7 Å². The van der Waals surface area contributed by atoms with E-state index in [0.29, 0.717) is 12.3 Å². The van der Waals surface area contributed by atoms with Crippen LogP contribution in [0.5, 0.6) is 5.75 Å². The third kappa shape index (κ3) is 5.09. The van der Waals surface area contributed by atoms with Crippen molar-refractivity contribution in [3.8, 4) is 5.75 Å². The SMILES string of the molecule is COc1cc(C)ccc1S(=O)(=O)NCCCCN1CCc2ccccc2C1. The normalized spacial score (nSPS) is 14.7. The summed E-state index contributed by atoms with van der Waals surface area (Å²) in [7, 11) is -2.06. The van der Waals surface area contributed by atoms with E-state index in [4.69, 9.17) is 4.74 Å². The molecule has 2 aromatic carbocycles. The van der Waals surface area contributed by atoms with Gasteiger partial charge in [-0.3, -0.25) is 4.90 Å². The Hall–Kier alpha value is -1.89. The van der Waals surface area contributed by atoms with Crippen molar-refractivity contribution in [2.45, 2.75) is 37.6 Å². The molecule has 1 aliphatic rings. The fourth-order valence-corrected chi connectivity index (χ4v) is 4.71. The zero-order valence-electron chi connectivity index (χ0n) is 16.1. The minimum Gasteiger partial charge on any atom is -0.495 e. The molecule has 1 aliphatic heterocycles. The number of ether oxygens (including phenoxy) is 1. The van der Waals surface area contributed by atoms with Crippen molar-refractivity contribution in [2.24, 2.45) is 0 Å². The minimum absolute atomic E-state index is 0.197. The zero-order chi connectivity index (χ0) is 19.3. The second-order valence-electron chi connectivity index (χ2n) is 7.05. The molecule has 0 unspecified atom stereocenters. The Morgan fingerprint density at radius 3 is 2.67 bits per heavy atom. The highest BCUT2D eigenvalue weighted by molar-refractivity contribution is 7.89. The monoisotopic (exact) mass is 388 g/mol. The van der Waals surface area contributed by atoms with Crippen molar-refractivity contribution in [1.82, 2.24) is 9.62 Å². The fourth-order valence-electron chi connectivity index (χ4n) is 3.49. The molecule has 0 saturated carbocycles. The van der Waals surface area contributed by atoms with Gasteiger partial charge in [-0.2, -0.15) is 0 Å². The van der Waals surface area contributed by atoms with Crippen LogP contribution in [-0.4, -0.2) is 40.1 Å². The lowest BCUT2D eigenvalue weighted by Crippen LogP contribution is -2.32. The molecule has 0 spiro atoms. The number of hydrogen-bond donors (Lipinski definition) is 1. The van der Waals surface area contributed by atoms with Crippen LogP contribution in [0.4, 0.5) is 0 Å². The largest absolute Gasteiger partial charge is 0.495 e. The van der Waals surface area contributed by atoms with Crippen molar-refractivity contribution >= 4 is 10.0 Å². The van der Waals surface area contributed by atoms with Gasteiger partial charge < -0.3 is 4.74 Å². The van der Waals surface area contributed by atoms with E-state index >= 15 is 0 Å². The Balaban J connectivity index is 1.45. The fraction of sp³-hybridized carbons (Fsp3) is 0.429. The summed E-state index contributed by atoms with van der Waals surface area (Å²) >= 11 is 0. The summed E-state index contributed by atoms with van der Waals surface area (Å²) in [5.41, 5.74) is 3.83. The van der Waals surface area contributed by atoms with E-state index in [1.54, 1.807) is 18.2 Å². The van der Waals surface area contributed by atoms with Gasteiger partial charge in [0.15, 0.2) is 0 Å². The molecular formula is C21H28N2O3S. The molecule has 3 rings (SSSR count). The number of sulfonamides is 1. The maximum atomic E-state index is 12.5. The molecule has 0 aromatic heterocycles. The maximum Gasteiger partial charge on any atom is 0.244 e. The van der Waals surface area contributed by atoms with E-state index in [9.17, 15) is 8.42 Å². The Bertz CT molecular complexity index is 881. The Kier molecular flexibility index (Phi) is 6.52. The van der Waals surface area contributed by atoms with E-state index < -0.39 is 10.0 Å². The van der Waals surface area contributed by atoms with Gasteiger partial charge in [-0.05, 0) is 61.6 Å². The third-order valence-corrected chi connectivity index (χ3v) is 6.51. The average molecular weight is 389 g/mol. The van der Waals surface area contributed by atoms with Gasteiger partial charge in [-0.15, -0.1) is 0 Å². The van der Waals surface area contributed by atoms with Gasteiger partial charge in [0.2, 0.25) is 10.0 Å². The van der Waals surface area contributed by atoms with Gasteiger partial charge in [-0.25, -0.2) is 13.1 Å². The van der Waals surface area contributed by atoms with Gasteiger partial charge in [0.1, 0.15) is 10.6 Å². The van der Waals surface area contributed by atoms with Gasteiger partial charge in [-0.1, -0.05) is 30.3 Å². The van der Waals surface area contributed by atoms with Crippen molar-refractivity contribution in [1.29, 1.82) is 0 Å². The Morgan fingerprint density at radius 1 is 1.11 bits per heavy atom. The van der Waals surface area contributed by atoms with Gasteiger partial charge in [0.05, 0.1) is 7.11 Å². The Labute approximate surface area is 162 Å². The maximum absolute atomic E-state index is 12.5. The highest BCUT2D eigenvalue weighted by Crippen LogP contribution is 2.24. The molecule has 5 nitrogen and oxygen atoms in total. The van der Waals surface area contributed by atoms with E-state index in [0.717, 1.165) is 44.5 Å². The molecule has 6 heteroatoms. The summed E-state index contributed by atoms with van der Waals surface area (Å²) in [5, 5.41) is 0. The molecule has 0 bridgehead atoms. The molecule has 0 amide bonds. The van der Waals surface area contributed by atoms with Crippen LogP contribution in [0.1, 0.15) is 29.5 Å². The summed E-state index contributed by atoms with van der Waals surface area (Å²) in [6.07, 6.45) is 2.87. The molecule has 0 aliphatic carbocycles. The average Bonchev–Trinajstić information content (AvgIpc) is 2.67. The molecule has 0 saturated heterocycles. The first kappa shape index (κ1) is 19.9. The summed E-state index contributed by atoms with van der Waals surface area (Å²) in [6.45, 7) is 5.39. The molecule has 0 radical (unpaired) electrons. The number of benzene rings is 2. The van der Waals surface area contributed by atoms with Crippen LogP contribution in [0, 0.1) is 6.92 Å². The number of unbranched alkanes of at least 4 members (excludes halogenated alkanes) is 1. The first-order valence-electron chi connectivity index (χ1n) is 9.43. The number of nitrogens with one attached hydrogen (secondary N) is 1. The topological polar surface area (TPSA) is 58.6 Å². The number of methoxy groups -OCH3 is 1. The first-order valence-corrected chi connectivity index (χ1v) is 10.9. The number of aryl methyl sites for hydroxylation is 1. The molecule has 27 heavy (non-hydrogen) atoms. The van der Waals surface area contributed by atoms with Crippen LogP contribution in [-0.2, 0) is 23.0 Å². The molecule has 0 atom stereocenters. The van der Waals surface area contributed by atoms with Gasteiger partial charge in [0, 0.05) is 19.6 Å². The molecule has 2 aromatic rings. The summed E-state index contributed by atoms with van der Waals surface area (Å²) in [5.74, 6) is 0.384. The number of rotatable bonds is 8. The number of nitrogens with zero attached hydrogens (tertiary/aromatic N) is 1. The Morgan fingerprint density at radius 2 is 1.89 bits per heavy atom. The lowest BCUT2D eigenvalue weighted by atomic mass is 10.00. The van der Waals surface area contributed by atoms with Crippen LogP contribution in [0.15, 0.2) is 47.4 Å². The van der Waals surface area contributed by atoms with Gasteiger partial charge in [0.25, 0.3) is 0 Å². The third-order valence-electron chi connectivity index (χ3n) is 5.01. The van der Waals surface area contributed by atoms with Crippen LogP contribution >= 0.6 is 0 Å². The zero-order valence-corrected chi connectivity index (χ0v) is 16.9. The molecular weight excluding hydrogens is 360 g/mol. The standard InChI is InChI=1S/C21H28N2O3S/c1-17-9-10-21(20(15-17)26-2)27(24,25)22-12-5-6-13-23-14-11-18-7-3-4-8-19(18)16-23/h3-4,7-10,15,22H,5-6,11-14,16H2,1-2H3. The van der Waals surface area contributed by atoms with E-state index in [1.807, 2.05) is 6.92 Å². The highest BCUT2D eigenvalue weighted by Gasteiger charge is 2.19. The lowest BCUT2D eigenvalue weighted by Gasteiger charge is -2.28. The van der Waals surface area contributed by atoms with E-state index in [2.05, 4.69) is 33.9 Å². The van der Waals surface area contributed by atoms with Crippen molar-refractivity contribution in [3.05, 3.63) is 59.2 Å². The lowest BCUT2D eigenvalue weighted by molar-refractivity contribution is 0.249. The molecule has 146 valence electrons.